The molecule has 0 bridgehead atoms. The van der Waals surface area contributed by atoms with Gasteiger partial charge in [0.05, 0.1) is 7.11 Å². The second-order valence-electron chi connectivity index (χ2n) is 7.57. The number of carbonyl (C=O) groups excluding carboxylic acids is 1. The van der Waals surface area contributed by atoms with Gasteiger partial charge in [-0.3, -0.25) is 4.79 Å². The maximum absolute atomic E-state index is 13.0. The number of ether oxygens (including phenoxy) is 1. The Morgan fingerprint density at radius 3 is 2.52 bits per heavy atom. The highest BCUT2D eigenvalue weighted by molar-refractivity contribution is 7.89. The van der Waals surface area contributed by atoms with Crippen molar-refractivity contribution in [2.75, 3.05) is 25.5 Å². The number of methoxy groups -OCH3 is 1. The number of anilines is 1. The van der Waals surface area contributed by atoms with Crippen molar-refractivity contribution in [3.05, 3.63) is 18.2 Å². The second-order valence-corrected chi connectivity index (χ2v) is 9.47. The zero-order valence-electron chi connectivity index (χ0n) is 16.1. The fourth-order valence-electron chi connectivity index (χ4n) is 4.06. The van der Waals surface area contributed by atoms with E-state index in [0.717, 1.165) is 25.7 Å². The molecule has 1 aliphatic heterocycles. The molecule has 7 heteroatoms. The van der Waals surface area contributed by atoms with Crippen LogP contribution in [-0.2, 0) is 14.8 Å². The van der Waals surface area contributed by atoms with Crippen molar-refractivity contribution in [1.29, 1.82) is 0 Å². The van der Waals surface area contributed by atoms with Crippen LogP contribution in [-0.4, -0.2) is 38.8 Å². The Morgan fingerprint density at radius 1 is 1.15 bits per heavy atom. The fraction of sp³-hybridized carbons (Fsp3) is 0.650. The molecule has 0 unspecified atom stereocenters. The van der Waals surface area contributed by atoms with Crippen LogP contribution >= 0.6 is 0 Å². The first kappa shape index (κ1) is 20.1. The molecule has 1 saturated heterocycles. The topological polar surface area (TPSA) is 75.7 Å². The zero-order valence-corrected chi connectivity index (χ0v) is 16.9. The van der Waals surface area contributed by atoms with Crippen LogP contribution in [0, 0.1) is 5.92 Å². The molecule has 0 radical (unpaired) electrons. The van der Waals surface area contributed by atoms with Crippen molar-refractivity contribution in [2.45, 2.75) is 62.7 Å². The van der Waals surface area contributed by atoms with Gasteiger partial charge in [0.15, 0.2) is 0 Å². The molecule has 1 amide bonds. The van der Waals surface area contributed by atoms with Gasteiger partial charge < -0.3 is 10.1 Å². The van der Waals surface area contributed by atoms with Crippen molar-refractivity contribution >= 4 is 21.6 Å². The highest BCUT2D eigenvalue weighted by atomic mass is 32.2. The van der Waals surface area contributed by atoms with Crippen molar-refractivity contribution in [2.24, 2.45) is 5.92 Å². The Labute approximate surface area is 162 Å². The van der Waals surface area contributed by atoms with Crippen LogP contribution in [0.1, 0.15) is 57.8 Å². The fourth-order valence-corrected chi connectivity index (χ4v) is 5.76. The molecule has 1 N–H and O–H groups in total. The molecule has 1 saturated carbocycles. The first-order chi connectivity index (χ1) is 13.0. The van der Waals surface area contributed by atoms with Gasteiger partial charge in [-0.05, 0) is 43.4 Å². The van der Waals surface area contributed by atoms with E-state index in [1.165, 1.54) is 43.2 Å². The molecule has 1 aromatic carbocycles. The summed E-state index contributed by atoms with van der Waals surface area (Å²) in [7, 11) is -2.17. The largest absolute Gasteiger partial charge is 0.495 e. The molecule has 1 aromatic rings. The van der Waals surface area contributed by atoms with Crippen molar-refractivity contribution in [3.63, 3.8) is 0 Å². The summed E-state index contributed by atoms with van der Waals surface area (Å²) >= 11 is 0. The van der Waals surface area contributed by atoms with E-state index < -0.39 is 10.0 Å². The van der Waals surface area contributed by atoms with Crippen molar-refractivity contribution in [1.82, 2.24) is 4.31 Å². The molecule has 27 heavy (non-hydrogen) atoms. The Morgan fingerprint density at radius 2 is 1.85 bits per heavy atom. The van der Waals surface area contributed by atoms with Crippen LogP contribution in [0.25, 0.3) is 0 Å². The minimum atomic E-state index is -3.63. The Kier molecular flexibility index (Phi) is 6.76. The lowest BCUT2D eigenvalue weighted by Crippen LogP contribution is -2.35. The molecule has 3 rings (SSSR count). The van der Waals surface area contributed by atoms with Crippen LogP contribution in [0.4, 0.5) is 5.69 Å². The van der Waals surface area contributed by atoms with E-state index in [1.54, 1.807) is 12.1 Å². The Hall–Kier alpha value is -1.60. The zero-order chi connectivity index (χ0) is 19.3. The summed E-state index contributed by atoms with van der Waals surface area (Å²) in [6.45, 7) is 1.06. The van der Waals surface area contributed by atoms with E-state index in [9.17, 15) is 13.2 Å². The van der Waals surface area contributed by atoms with E-state index >= 15 is 0 Å². The van der Waals surface area contributed by atoms with Crippen LogP contribution < -0.4 is 10.1 Å². The number of nitrogens with one attached hydrogen (secondary N) is 1. The number of amides is 1. The molecule has 2 aliphatic rings. The third-order valence-electron chi connectivity index (χ3n) is 5.63. The molecule has 1 aliphatic carbocycles. The van der Waals surface area contributed by atoms with E-state index in [0.29, 0.717) is 36.9 Å². The number of rotatable bonds is 7. The van der Waals surface area contributed by atoms with Gasteiger partial charge in [-0.25, -0.2) is 8.42 Å². The average molecular weight is 395 g/mol. The Bertz CT molecular complexity index is 751. The molecule has 0 atom stereocenters. The molecular formula is C20H30N2O4S. The predicted octanol–water partition coefficient (Wildman–Crippen LogP) is 3.78. The lowest BCUT2D eigenvalue weighted by Gasteiger charge is -2.26. The number of sulfonamides is 1. The van der Waals surface area contributed by atoms with Gasteiger partial charge in [0.25, 0.3) is 0 Å². The second kappa shape index (κ2) is 9.06. The standard InChI is InChI=1S/C20H30N2O4S/c1-26-18-11-10-17(21-20(23)12-9-16-7-3-4-8-16)15-19(18)27(24,25)22-13-5-2-6-14-22/h10-11,15-16H,2-9,12-14H2,1H3,(H,21,23). The molecule has 6 nitrogen and oxygen atoms in total. The summed E-state index contributed by atoms with van der Waals surface area (Å²) < 4.78 is 32.9. The minimum absolute atomic E-state index is 0.0617. The van der Waals surface area contributed by atoms with Crippen LogP contribution in [0.3, 0.4) is 0 Å². The van der Waals surface area contributed by atoms with Gasteiger partial charge >= 0.3 is 0 Å². The first-order valence-electron chi connectivity index (χ1n) is 9.99. The Balaban J connectivity index is 1.71. The van der Waals surface area contributed by atoms with Crippen molar-refractivity contribution in [3.8, 4) is 5.75 Å². The van der Waals surface area contributed by atoms with Crippen LogP contribution in [0.5, 0.6) is 5.75 Å². The highest BCUT2D eigenvalue weighted by Crippen LogP contribution is 2.32. The summed E-state index contributed by atoms with van der Waals surface area (Å²) in [5.41, 5.74) is 0.503. The van der Waals surface area contributed by atoms with Crippen molar-refractivity contribution < 1.29 is 17.9 Å². The van der Waals surface area contributed by atoms with Gasteiger partial charge in [-0.15, -0.1) is 0 Å². The average Bonchev–Trinajstić information content (AvgIpc) is 3.21. The number of carbonyl (C=O) groups is 1. The van der Waals surface area contributed by atoms with E-state index in [1.807, 2.05) is 0 Å². The quantitative estimate of drug-likeness (QED) is 0.764. The van der Waals surface area contributed by atoms with Gasteiger partial charge in [-0.2, -0.15) is 4.31 Å². The van der Waals surface area contributed by atoms with Gasteiger partial charge in [0, 0.05) is 25.2 Å². The molecule has 2 fully saturated rings. The van der Waals surface area contributed by atoms with E-state index in [4.69, 9.17) is 4.74 Å². The summed E-state index contributed by atoms with van der Waals surface area (Å²) in [6, 6.07) is 4.83. The van der Waals surface area contributed by atoms with E-state index in [2.05, 4.69) is 5.32 Å². The highest BCUT2D eigenvalue weighted by Gasteiger charge is 2.29. The minimum Gasteiger partial charge on any atom is -0.495 e. The number of hydrogen-bond acceptors (Lipinski definition) is 4. The third kappa shape index (κ3) is 5.02. The molecule has 1 heterocycles. The van der Waals surface area contributed by atoms with Crippen LogP contribution in [0.15, 0.2) is 23.1 Å². The predicted molar refractivity (Wildman–Crippen MR) is 105 cm³/mol. The summed E-state index contributed by atoms with van der Waals surface area (Å²) in [4.78, 5) is 12.4. The van der Waals surface area contributed by atoms with E-state index in [-0.39, 0.29) is 10.8 Å². The van der Waals surface area contributed by atoms with Gasteiger partial charge in [-0.1, -0.05) is 32.1 Å². The lowest BCUT2D eigenvalue weighted by molar-refractivity contribution is -0.116. The normalized spacial score (nSPS) is 19.1. The molecule has 0 spiro atoms. The summed E-state index contributed by atoms with van der Waals surface area (Å²) in [5, 5.41) is 2.86. The third-order valence-corrected chi connectivity index (χ3v) is 7.55. The maximum atomic E-state index is 13.0. The SMILES string of the molecule is COc1ccc(NC(=O)CCC2CCCC2)cc1S(=O)(=O)N1CCCCC1. The summed E-state index contributed by atoms with van der Waals surface area (Å²) in [6.07, 6.45) is 9.15. The number of hydrogen-bond donors (Lipinski definition) is 1. The summed E-state index contributed by atoms with van der Waals surface area (Å²) in [5.74, 6) is 0.902. The van der Waals surface area contributed by atoms with Gasteiger partial charge in [0.2, 0.25) is 15.9 Å². The van der Waals surface area contributed by atoms with Crippen LogP contribution in [0.2, 0.25) is 0 Å². The molecule has 0 aromatic heterocycles. The molecule has 150 valence electrons. The number of nitrogens with zero attached hydrogens (tertiary/aromatic N) is 1. The lowest BCUT2D eigenvalue weighted by atomic mass is 10.0. The number of piperidine rings is 1. The first-order valence-corrected chi connectivity index (χ1v) is 11.4. The smallest absolute Gasteiger partial charge is 0.246 e. The monoisotopic (exact) mass is 394 g/mol. The maximum Gasteiger partial charge on any atom is 0.246 e. The van der Waals surface area contributed by atoms with Gasteiger partial charge in [0.1, 0.15) is 10.6 Å². The number of benzene rings is 1. The molecular weight excluding hydrogens is 364 g/mol.